The Hall–Kier alpha value is 0.140. The SMILES string of the molecule is CC(NC1CCCCCC1C)c1sccc1Br. The number of nitrogens with one attached hydrogen (secondary N) is 1. The van der Waals surface area contributed by atoms with E-state index in [0.717, 1.165) is 5.92 Å². The van der Waals surface area contributed by atoms with Crippen molar-refractivity contribution in [2.45, 2.75) is 58.0 Å². The molecule has 0 radical (unpaired) electrons. The molecule has 3 heteroatoms. The van der Waals surface area contributed by atoms with Crippen LogP contribution in [0.25, 0.3) is 0 Å². The van der Waals surface area contributed by atoms with Crippen molar-refractivity contribution < 1.29 is 0 Å². The molecule has 1 fully saturated rings. The van der Waals surface area contributed by atoms with Gasteiger partial charge in [0.1, 0.15) is 0 Å². The largest absolute Gasteiger partial charge is 0.306 e. The van der Waals surface area contributed by atoms with Crippen LogP contribution in [0.3, 0.4) is 0 Å². The summed E-state index contributed by atoms with van der Waals surface area (Å²) in [5, 5.41) is 5.99. The minimum Gasteiger partial charge on any atom is -0.306 e. The lowest BCUT2D eigenvalue weighted by molar-refractivity contribution is 0.331. The predicted octanol–water partition coefficient (Wildman–Crippen LogP) is 5.13. The third kappa shape index (κ3) is 3.55. The monoisotopic (exact) mass is 315 g/mol. The molecule has 3 atom stereocenters. The summed E-state index contributed by atoms with van der Waals surface area (Å²) in [7, 11) is 0. The van der Waals surface area contributed by atoms with Crippen LogP contribution in [0.1, 0.15) is 56.9 Å². The van der Waals surface area contributed by atoms with E-state index in [0.29, 0.717) is 12.1 Å². The summed E-state index contributed by atoms with van der Waals surface area (Å²) in [5.41, 5.74) is 0. The molecular formula is C14H22BrNS. The average molecular weight is 316 g/mol. The van der Waals surface area contributed by atoms with E-state index in [9.17, 15) is 0 Å². The Bertz CT molecular complexity index is 350. The van der Waals surface area contributed by atoms with Crippen LogP contribution in [0.4, 0.5) is 0 Å². The zero-order chi connectivity index (χ0) is 12.3. The molecule has 96 valence electrons. The van der Waals surface area contributed by atoms with E-state index in [4.69, 9.17) is 0 Å². The van der Waals surface area contributed by atoms with Crippen LogP contribution in [0.2, 0.25) is 0 Å². The summed E-state index contributed by atoms with van der Waals surface area (Å²) < 4.78 is 1.25. The van der Waals surface area contributed by atoms with Gasteiger partial charge in [-0.1, -0.05) is 26.2 Å². The second-order valence-electron chi connectivity index (χ2n) is 5.24. The molecule has 0 amide bonds. The van der Waals surface area contributed by atoms with Crippen molar-refractivity contribution >= 4 is 27.3 Å². The highest BCUT2D eigenvalue weighted by molar-refractivity contribution is 9.10. The maximum atomic E-state index is 3.83. The first-order valence-corrected chi connectivity index (χ1v) is 8.34. The highest BCUT2D eigenvalue weighted by Crippen LogP contribution is 2.31. The van der Waals surface area contributed by atoms with E-state index >= 15 is 0 Å². The van der Waals surface area contributed by atoms with E-state index in [1.54, 1.807) is 0 Å². The highest BCUT2D eigenvalue weighted by atomic mass is 79.9. The summed E-state index contributed by atoms with van der Waals surface area (Å²) in [6, 6.07) is 3.31. The Kier molecular flexibility index (Phi) is 5.07. The fourth-order valence-corrected chi connectivity index (χ4v) is 4.49. The first-order valence-electron chi connectivity index (χ1n) is 6.67. The molecule has 1 heterocycles. The van der Waals surface area contributed by atoms with Crippen LogP contribution in [0.5, 0.6) is 0 Å². The number of hydrogen-bond acceptors (Lipinski definition) is 2. The van der Waals surface area contributed by atoms with E-state index in [1.165, 1.54) is 41.5 Å². The smallest absolute Gasteiger partial charge is 0.0399 e. The fraction of sp³-hybridized carbons (Fsp3) is 0.714. The van der Waals surface area contributed by atoms with Gasteiger partial charge in [-0.15, -0.1) is 11.3 Å². The average Bonchev–Trinajstić information content (AvgIpc) is 2.63. The molecule has 1 N–H and O–H groups in total. The second-order valence-corrected chi connectivity index (χ2v) is 7.04. The minimum atomic E-state index is 0.468. The van der Waals surface area contributed by atoms with Gasteiger partial charge in [0.05, 0.1) is 0 Å². The van der Waals surface area contributed by atoms with Gasteiger partial charge in [0.25, 0.3) is 0 Å². The Morgan fingerprint density at radius 1 is 1.35 bits per heavy atom. The minimum absolute atomic E-state index is 0.468. The molecule has 1 aliphatic carbocycles. The van der Waals surface area contributed by atoms with Crippen molar-refractivity contribution in [1.29, 1.82) is 0 Å². The molecule has 0 aromatic carbocycles. The number of hydrogen-bond donors (Lipinski definition) is 1. The molecule has 0 spiro atoms. The van der Waals surface area contributed by atoms with Crippen LogP contribution in [-0.4, -0.2) is 6.04 Å². The van der Waals surface area contributed by atoms with Gasteiger partial charge in [-0.25, -0.2) is 0 Å². The summed E-state index contributed by atoms with van der Waals surface area (Å²) in [5.74, 6) is 0.818. The fourth-order valence-electron chi connectivity index (χ4n) is 2.75. The number of rotatable bonds is 3. The van der Waals surface area contributed by atoms with Gasteiger partial charge in [-0.3, -0.25) is 0 Å². The Labute approximate surface area is 117 Å². The third-order valence-corrected chi connectivity index (χ3v) is 5.92. The lowest BCUT2D eigenvalue weighted by Gasteiger charge is -2.26. The van der Waals surface area contributed by atoms with Crippen molar-refractivity contribution in [1.82, 2.24) is 5.32 Å². The van der Waals surface area contributed by atoms with Crippen molar-refractivity contribution in [3.8, 4) is 0 Å². The summed E-state index contributed by atoms with van der Waals surface area (Å²) in [6.07, 6.45) is 6.95. The number of halogens is 1. The van der Waals surface area contributed by atoms with Crippen LogP contribution >= 0.6 is 27.3 Å². The molecular weight excluding hydrogens is 294 g/mol. The van der Waals surface area contributed by atoms with Gasteiger partial charge in [0.15, 0.2) is 0 Å². The van der Waals surface area contributed by atoms with Gasteiger partial charge >= 0.3 is 0 Å². The van der Waals surface area contributed by atoms with Crippen LogP contribution in [0, 0.1) is 5.92 Å². The maximum absolute atomic E-state index is 3.83. The van der Waals surface area contributed by atoms with Crippen molar-refractivity contribution in [2.24, 2.45) is 5.92 Å². The molecule has 1 saturated carbocycles. The normalized spacial score (nSPS) is 27.7. The zero-order valence-corrected chi connectivity index (χ0v) is 13.1. The van der Waals surface area contributed by atoms with Crippen LogP contribution in [-0.2, 0) is 0 Å². The Balaban J connectivity index is 1.97. The van der Waals surface area contributed by atoms with Gasteiger partial charge in [0, 0.05) is 21.4 Å². The molecule has 0 saturated heterocycles. The molecule has 1 aromatic rings. The zero-order valence-electron chi connectivity index (χ0n) is 10.7. The van der Waals surface area contributed by atoms with E-state index < -0.39 is 0 Å². The molecule has 1 aromatic heterocycles. The van der Waals surface area contributed by atoms with Crippen LogP contribution in [0.15, 0.2) is 15.9 Å². The van der Waals surface area contributed by atoms with Gasteiger partial charge in [-0.05, 0) is 53.1 Å². The van der Waals surface area contributed by atoms with Gasteiger partial charge in [-0.2, -0.15) is 0 Å². The lowest BCUT2D eigenvalue weighted by Crippen LogP contribution is -2.35. The van der Waals surface area contributed by atoms with E-state index in [-0.39, 0.29) is 0 Å². The van der Waals surface area contributed by atoms with E-state index in [1.807, 2.05) is 11.3 Å². The molecule has 2 rings (SSSR count). The van der Waals surface area contributed by atoms with Gasteiger partial charge in [0.2, 0.25) is 0 Å². The Morgan fingerprint density at radius 3 is 2.82 bits per heavy atom. The van der Waals surface area contributed by atoms with Crippen LogP contribution < -0.4 is 5.32 Å². The second kappa shape index (κ2) is 6.35. The summed E-state index contributed by atoms with van der Waals surface area (Å²) in [6.45, 7) is 4.69. The topological polar surface area (TPSA) is 12.0 Å². The first kappa shape index (κ1) is 13.6. The Morgan fingerprint density at radius 2 is 2.12 bits per heavy atom. The third-order valence-electron chi connectivity index (χ3n) is 3.86. The van der Waals surface area contributed by atoms with Gasteiger partial charge < -0.3 is 5.32 Å². The predicted molar refractivity (Wildman–Crippen MR) is 79.6 cm³/mol. The highest BCUT2D eigenvalue weighted by Gasteiger charge is 2.22. The standard InChI is InChI=1S/C14H22BrNS/c1-10-6-4-3-5-7-13(10)16-11(2)14-12(15)8-9-17-14/h8-11,13,16H,3-7H2,1-2H3. The maximum Gasteiger partial charge on any atom is 0.0399 e. The van der Waals surface area contributed by atoms with Crippen molar-refractivity contribution in [2.75, 3.05) is 0 Å². The van der Waals surface area contributed by atoms with E-state index in [2.05, 4.69) is 46.5 Å². The first-order chi connectivity index (χ1) is 8.18. The molecule has 1 aliphatic rings. The number of thiophene rings is 1. The van der Waals surface area contributed by atoms with Crippen molar-refractivity contribution in [3.63, 3.8) is 0 Å². The molecule has 1 nitrogen and oxygen atoms in total. The quantitative estimate of drug-likeness (QED) is 0.762. The summed E-state index contributed by atoms with van der Waals surface area (Å²) >= 11 is 5.48. The molecule has 0 bridgehead atoms. The lowest BCUT2D eigenvalue weighted by atomic mass is 9.96. The molecule has 17 heavy (non-hydrogen) atoms. The summed E-state index contributed by atoms with van der Waals surface area (Å²) in [4.78, 5) is 1.43. The van der Waals surface area contributed by atoms with Crippen molar-refractivity contribution in [3.05, 3.63) is 20.8 Å². The molecule has 3 unspecified atom stereocenters. The molecule has 0 aliphatic heterocycles.